The largest absolute Gasteiger partial charge is 0.455 e. The molecule has 0 bridgehead atoms. The number of benzene rings is 2. The zero-order chi connectivity index (χ0) is 21.8. The van der Waals surface area contributed by atoms with Crippen molar-refractivity contribution in [1.29, 1.82) is 0 Å². The highest BCUT2D eigenvalue weighted by Crippen LogP contribution is 2.28. The lowest BCUT2D eigenvalue weighted by Crippen LogP contribution is -2.28. The van der Waals surface area contributed by atoms with E-state index < -0.39 is 29.3 Å². The van der Waals surface area contributed by atoms with Crippen LogP contribution in [0.2, 0.25) is 0 Å². The van der Waals surface area contributed by atoms with E-state index in [1.54, 1.807) is 6.07 Å². The molecule has 2 aromatic carbocycles. The Labute approximate surface area is 172 Å². The van der Waals surface area contributed by atoms with Crippen molar-refractivity contribution in [3.05, 3.63) is 63.7 Å². The molecule has 1 heterocycles. The molecule has 0 spiro atoms. The average molecular weight is 411 g/mol. The van der Waals surface area contributed by atoms with Gasteiger partial charge in [-0.15, -0.1) is 0 Å². The first-order chi connectivity index (χ1) is 14.2. The second-order valence-electron chi connectivity index (χ2n) is 7.16. The normalized spacial score (nSPS) is 15.7. The number of nitro groups is 1. The number of ether oxygens (including phenoxy) is 1. The molecular weight excluding hydrogens is 390 g/mol. The lowest BCUT2D eigenvalue weighted by atomic mass is 10.1. The van der Waals surface area contributed by atoms with Gasteiger partial charge in [-0.2, -0.15) is 0 Å². The minimum Gasteiger partial charge on any atom is -0.455 e. The molecule has 0 unspecified atom stereocenters. The molecule has 0 saturated carbocycles. The van der Waals surface area contributed by atoms with Crippen LogP contribution in [0.1, 0.15) is 17.5 Å². The third-order valence-corrected chi connectivity index (χ3v) is 4.82. The van der Waals surface area contributed by atoms with Crippen LogP contribution in [0.15, 0.2) is 42.5 Å². The molecule has 1 aliphatic heterocycles. The van der Waals surface area contributed by atoms with Crippen molar-refractivity contribution in [2.45, 2.75) is 20.3 Å². The Morgan fingerprint density at radius 1 is 1.23 bits per heavy atom. The summed E-state index contributed by atoms with van der Waals surface area (Å²) in [6.07, 6.45) is -0.0832. The zero-order valence-corrected chi connectivity index (χ0v) is 16.6. The van der Waals surface area contributed by atoms with Crippen LogP contribution in [0, 0.1) is 29.9 Å². The van der Waals surface area contributed by atoms with Gasteiger partial charge in [0.2, 0.25) is 5.91 Å². The van der Waals surface area contributed by atoms with Crippen molar-refractivity contribution < 1.29 is 24.0 Å². The molecule has 1 atom stereocenters. The standard InChI is InChI=1S/C21H21N3O6/c1-13-6-7-14(2)18(8-13)22-19(25)12-30-21(27)15-9-20(26)23(11-15)16-4-3-5-17(10-16)24(28)29/h3-8,10,15H,9,11-12H2,1-2H3,(H,22,25)/t15-/m1/s1. The lowest BCUT2D eigenvalue weighted by molar-refractivity contribution is -0.384. The van der Waals surface area contributed by atoms with Crippen LogP contribution in [-0.2, 0) is 19.1 Å². The molecule has 1 fully saturated rings. The van der Waals surface area contributed by atoms with Crippen LogP contribution >= 0.6 is 0 Å². The first kappa shape index (κ1) is 21.0. The van der Waals surface area contributed by atoms with E-state index in [0.717, 1.165) is 11.1 Å². The van der Waals surface area contributed by atoms with E-state index in [4.69, 9.17) is 4.74 Å². The Balaban J connectivity index is 1.57. The Hall–Kier alpha value is -3.75. The first-order valence-electron chi connectivity index (χ1n) is 9.33. The van der Waals surface area contributed by atoms with Crippen LogP contribution < -0.4 is 10.2 Å². The zero-order valence-electron chi connectivity index (χ0n) is 16.6. The summed E-state index contributed by atoms with van der Waals surface area (Å²) in [7, 11) is 0. The van der Waals surface area contributed by atoms with Crippen LogP contribution in [0.4, 0.5) is 17.1 Å². The number of hydrogen-bond donors (Lipinski definition) is 1. The molecule has 2 aromatic rings. The number of amides is 2. The Kier molecular flexibility index (Phi) is 6.10. The molecule has 3 rings (SSSR count). The number of rotatable bonds is 6. The van der Waals surface area contributed by atoms with Gasteiger partial charge in [0.1, 0.15) is 0 Å². The van der Waals surface area contributed by atoms with E-state index in [1.165, 1.54) is 23.1 Å². The highest BCUT2D eigenvalue weighted by atomic mass is 16.6. The van der Waals surface area contributed by atoms with Gasteiger partial charge in [-0.3, -0.25) is 24.5 Å². The SMILES string of the molecule is Cc1ccc(C)c(NC(=O)COC(=O)[C@@H]2CC(=O)N(c3cccc([N+](=O)[O-])c3)C2)c1. The number of carbonyl (C=O) groups is 3. The van der Waals surface area contributed by atoms with Gasteiger partial charge in [0, 0.05) is 30.8 Å². The van der Waals surface area contributed by atoms with E-state index in [1.807, 2.05) is 32.0 Å². The van der Waals surface area contributed by atoms with Crippen molar-refractivity contribution in [3.8, 4) is 0 Å². The average Bonchev–Trinajstić information content (AvgIpc) is 3.11. The van der Waals surface area contributed by atoms with E-state index in [9.17, 15) is 24.5 Å². The summed E-state index contributed by atoms with van der Waals surface area (Å²) in [5.74, 6) is -2.22. The molecule has 0 aromatic heterocycles. The van der Waals surface area contributed by atoms with E-state index in [-0.39, 0.29) is 24.6 Å². The van der Waals surface area contributed by atoms with Crippen LogP contribution in [0.25, 0.3) is 0 Å². The van der Waals surface area contributed by atoms with Gasteiger partial charge in [0.05, 0.1) is 16.5 Å². The smallest absolute Gasteiger partial charge is 0.311 e. The minimum atomic E-state index is -0.745. The molecule has 2 amide bonds. The fourth-order valence-electron chi connectivity index (χ4n) is 3.20. The van der Waals surface area contributed by atoms with Crippen molar-refractivity contribution in [1.82, 2.24) is 0 Å². The van der Waals surface area contributed by atoms with Crippen molar-refractivity contribution in [3.63, 3.8) is 0 Å². The predicted octanol–water partition coefficient (Wildman–Crippen LogP) is 2.75. The summed E-state index contributed by atoms with van der Waals surface area (Å²) in [5.41, 5.74) is 2.71. The fourth-order valence-corrected chi connectivity index (χ4v) is 3.20. The van der Waals surface area contributed by atoms with E-state index in [2.05, 4.69) is 5.32 Å². The summed E-state index contributed by atoms with van der Waals surface area (Å²) < 4.78 is 5.09. The monoisotopic (exact) mass is 411 g/mol. The minimum absolute atomic E-state index is 0.0391. The molecule has 0 aliphatic carbocycles. The summed E-state index contributed by atoms with van der Waals surface area (Å²) in [6, 6.07) is 11.3. The van der Waals surface area contributed by atoms with Crippen LogP contribution in [-0.4, -0.2) is 35.9 Å². The summed E-state index contributed by atoms with van der Waals surface area (Å²) in [6.45, 7) is 3.33. The molecule has 1 aliphatic rings. The van der Waals surface area contributed by atoms with Crippen LogP contribution in [0.5, 0.6) is 0 Å². The molecule has 0 radical (unpaired) electrons. The number of hydrogen-bond acceptors (Lipinski definition) is 6. The van der Waals surface area contributed by atoms with E-state index >= 15 is 0 Å². The molecule has 9 nitrogen and oxygen atoms in total. The third-order valence-electron chi connectivity index (χ3n) is 4.82. The van der Waals surface area contributed by atoms with Gasteiger partial charge in [0.15, 0.2) is 6.61 Å². The highest BCUT2D eigenvalue weighted by Gasteiger charge is 2.36. The van der Waals surface area contributed by atoms with Gasteiger partial charge in [-0.05, 0) is 37.1 Å². The summed E-state index contributed by atoms with van der Waals surface area (Å²) >= 11 is 0. The van der Waals surface area contributed by atoms with Gasteiger partial charge in [-0.1, -0.05) is 18.2 Å². The molecule has 9 heteroatoms. The van der Waals surface area contributed by atoms with Crippen molar-refractivity contribution >= 4 is 34.8 Å². The number of nitrogens with zero attached hydrogens (tertiary/aromatic N) is 2. The maximum atomic E-state index is 12.3. The second kappa shape index (κ2) is 8.73. The number of nitro benzene ring substituents is 1. The molecule has 1 saturated heterocycles. The lowest BCUT2D eigenvalue weighted by Gasteiger charge is -2.16. The predicted molar refractivity (Wildman–Crippen MR) is 109 cm³/mol. The quantitative estimate of drug-likeness (QED) is 0.443. The fraction of sp³-hybridized carbons (Fsp3) is 0.286. The second-order valence-corrected chi connectivity index (χ2v) is 7.16. The molecular formula is C21H21N3O6. The van der Waals surface area contributed by atoms with Gasteiger partial charge in [-0.25, -0.2) is 0 Å². The number of aryl methyl sites for hydroxylation is 2. The topological polar surface area (TPSA) is 119 Å². The first-order valence-corrected chi connectivity index (χ1v) is 9.33. The molecule has 156 valence electrons. The van der Waals surface area contributed by atoms with Crippen molar-refractivity contribution in [2.24, 2.45) is 5.92 Å². The summed E-state index contributed by atoms with van der Waals surface area (Å²) in [5, 5.41) is 13.6. The van der Waals surface area contributed by atoms with Gasteiger partial charge < -0.3 is 15.0 Å². The van der Waals surface area contributed by atoms with E-state index in [0.29, 0.717) is 11.4 Å². The number of carbonyl (C=O) groups excluding carboxylic acids is 3. The number of non-ortho nitro benzene ring substituents is 1. The van der Waals surface area contributed by atoms with Gasteiger partial charge in [0.25, 0.3) is 11.6 Å². The molecule has 1 N–H and O–H groups in total. The van der Waals surface area contributed by atoms with Crippen molar-refractivity contribution in [2.75, 3.05) is 23.4 Å². The number of esters is 1. The highest BCUT2D eigenvalue weighted by molar-refractivity contribution is 6.00. The van der Waals surface area contributed by atoms with Gasteiger partial charge >= 0.3 is 5.97 Å². The summed E-state index contributed by atoms with van der Waals surface area (Å²) in [4.78, 5) is 48.4. The Morgan fingerprint density at radius 3 is 2.73 bits per heavy atom. The maximum Gasteiger partial charge on any atom is 0.311 e. The molecule has 30 heavy (non-hydrogen) atoms. The Morgan fingerprint density at radius 2 is 2.00 bits per heavy atom. The number of nitrogens with one attached hydrogen (secondary N) is 1. The van der Waals surface area contributed by atoms with Crippen LogP contribution in [0.3, 0.4) is 0 Å². The maximum absolute atomic E-state index is 12.3. The third kappa shape index (κ3) is 4.80. The number of anilines is 2. The Bertz CT molecular complexity index is 1020.